The van der Waals surface area contributed by atoms with Crippen LogP contribution in [0.5, 0.6) is 0 Å². The normalized spacial score (nSPS) is 15.5. The van der Waals surface area contributed by atoms with Gasteiger partial charge in [-0.15, -0.1) is 0 Å². The Kier molecular flexibility index (Phi) is 4.56. The number of nitrogens with zero attached hydrogens (tertiary/aromatic N) is 2. The molecule has 1 N–H and O–H groups in total. The maximum atomic E-state index is 12.1. The lowest BCUT2D eigenvalue weighted by Crippen LogP contribution is -2.35. The van der Waals surface area contributed by atoms with Crippen LogP contribution in [0.1, 0.15) is 41.4 Å². The van der Waals surface area contributed by atoms with Gasteiger partial charge in [-0.3, -0.25) is 0 Å². The molecule has 0 saturated carbocycles. The summed E-state index contributed by atoms with van der Waals surface area (Å²) in [4.78, 5) is 18.8. The summed E-state index contributed by atoms with van der Waals surface area (Å²) >= 11 is 0. The Morgan fingerprint density at radius 1 is 1.17 bits per heavy atom. The molecule has 0 amide bonds. The van der Waals surface area contributed by atoms with Gasteiger partial charge in [-0.1, -0.05) is 31.2 Å². The first-order chi connectivity index (χ1) is 11.5. The summed E-state index contributed by atoms with van der Waals surface area (Å²) in [5, 5.41) is 9.91. The highest BCUT2D eigenvalue weighted by Crippen LogP contribution is 2.34. The first-order valence-corrected chi connectivity index (χ1v) is 8.53. The van der Waals surface area contributed by atoms with Crippen molar-refractivity contribution in [1.82, 2.24) is 4.98 Å². The molecule has 0 atom stereocenters. The Bertz CT molecular complexity index is 762. The molecule has 1 aromatic carbocycles. The average Bonchev–Trinajstić information content (AvgIpc) is 2.55. The first-order valence-electron chi connectivity index (χ1n) is 8.53. The Balaban J connectivity index is 2.16. The third-order valence-corrected chi connectivity index (χ3v) is 4.86. The molecule has 4 nitrogen and oxygen atoms in total. The number of carbonyl (C=O) groups is 1. The predicted molar refractivity (Wildman–Crippen MR) is 96.7 cm³/mol. The number of aromatic nitrogens is 1. The van der Waals surface area contributed by atoms with Crippen molar-refractivity contribution in [3.63, 3.8) is 0 Å². The Hall–Kier alpha value is -2.36. The molecule has 1 aliphatic rings. The Labute approximate surface area is 143 Å². The van der Waals surface area contributed by atoms with Crippen molar-refractivity contribution in [3.8, 4) is 11.1 Å². The van der Waals surface area contributed by atoms with Crippen LogP contribution in [0.25, 0.3) is 11.1 Å². The highest BCUT2D eigenvalue weighted by Gasteiger charge is 2.26. The van der Waals surface area contributed by atoms with Crippen LogP contribution in [0, 0.1) is 19.8 Å². The number of benzene rings is 1. The van der Waals surface area contributed by atoms with Gasteiger partial charge in [0.2, 0.25) is 0 Å². The van der Waals surface area contributed by atoms with E-state index in [0.29, 0.717) is 17.3 Å². The monoisotopic (exact) mass is 324 g/mol. The maximum absolute atomic E-state index is 12.1. The minimum atomic E-state index is -0.908. The topological polar surface area (TPSA) is 53.4 Å². The van der Waals surface area contributed by atoms with Gasteiger partial charge in [0, 0.05) is 24.3 Å². The number of anilines is 1. The number of hydrogen-bond donors (Lipinski definition) is 1. The van der Waals surface area contributed by atoms with Crippen LogP contribution in [-0.2, 0) is 0 Å². The Morgan fingerprint density at radius 2 is 1.83 bits per heavy atom. The molecule has 126 valence electrons. The van der Waals surface area contributed by atoms with E-state index in [1.165, 1.54) is 0 Å². The maximum Gasteiger partial charge on any atom is 0.340 e. The van der Waals surface area contributed by atoms with E-state index in [-0.39, 0.29) is 0 Å². The van der Waals surface area contributed by atoms with Gasteiger partial charge in [0.25, 0.3) is 0 Å². The second kappa shape index (κ2) is 6.63. The van der Waals surface area contributed by atoms with E-state index >= 15 is 0 Å². The van der Waals surface area contributed by atoms with Crippen LogP contribution in [0.2, 0.25) is 0 Å². The van der Waals surface area contributed by atoms with E-state index in [0.717, 1.165) is 48.3 Å². The van der Waals surface area contributed by atoms with Gasteiger partial charge in [-0.05, 0) is 49.8 Å². The summed E-state index contributed by atoms with van der Waals surface area (Å²) in [5.74, 6) is 0.400. The molecule has 1 aromatic heterocycles. The summed E-state index contributed by atoms with van der Waals surface area (Å²) in [6, 6.07) is 9.81. The van der Waals surface area contributed by atoms with Gasteiger partial charge in [0.1, 0.15) is 11.4 Å². The molecular weight excluding hydrogens is 300 g/mol. The molecule has 0 radical (unpaired) electrons. The number of piperidine rings is 1. The summed E-state index contributed by atoms with van der Waals surface area (Å²) in [7, 11) is 0. The SMILES string of the molecule is Cc1cc(-c2ccccc2C)c(C(=O)O)c(N2CCC(C)CC2)n1. The van der Waals surface area contributed by atoms with Gasteiger partial charge in [0.15, 0.2) is 0 Å². The second-order valence-corrected chi connectivity index (χ2v) is 6.80. The zero-order chi connectivity index (χ0) is 17.3. The minimum absolute atomic E-state index is 0.324. The van der Waals surface area contributed by atoms with Crippen molar-refractivity contribution >= 4 is 11.8 Å². The molecule has 2 heterocycles. The van der Waals surface area contributed by atoms with Crippen molar-refractivity contribution < 1.29 is 9.90 Å². The van der Waals surface area contributed by atoms with Crippen LogP contribution in [-0.4, -0.2) is 29.1 Å². The molecule has 24 heavy (non-hydrogen) atoms. The predicted octanol–water partition coefficient (Wildman–Crippen LogP) is 4.30. The van der Waals surface area contributed by atoms with Crippen LogP contribution in [0.4, 0.5) is 5.82 Å². The lowest BCUT2D eigenvalue weighted by atomic mass is 9.94. The van der Waals surface area contributed by atoms with Crippen molar-refractivity contribution in [2.24, 2.45) is 5.92 Å². The molecule has 4 heteroatoms. The standard InChI is InChI=1S/C20H24N2O2/c1-13-8-10-22(11-9-13)19-18(20(23)24)17(12-15(3)21-19)16-7-5-4-6-14(16)2/h4-7,12-13H,8-11H2,1-3H3,(H,23,24). The molecule has 0 aliphatic carbocycles. The molecule has 1 fully saturated rings. The fourth-order valence-corrected chi connectivity index (χ4v) is 3.40. The van der Waals surface area contributed by atoms with E-state index in [9.17, 15) is 9.90 Å². The summed E-state index contributed by atoms with van der Waals surface area (Å²) in [6.45, 7) is 7.93. The highest BCUT2D eigenvalue weighted by atomic mass is 16.4. The molecule has 2 aromatic rings. The number of aromatic carboxylic acids is 1. The first kappa shape index (κ1) is 16.5. The van der Waals surface area contributed by atoms with Crippen molar-refractivity contribution in [3.05, 3.63) is 47.2 Å². The van der Waals surface area contributed by atoms with E-state index in [1.54, 1.807) is 0 Å². The molecule has 1 saturated heterocycles. The molecule has 0 bridgehead atoms. The second-order valence-electron chi connectivity index (χ2n) is 6.80. The number of carboxylic acids is 1. The number of rotatable bonds is 3. The zero-order valence-corrected chi connectivity index (χ0v) is 14.5. The van der Waals surface area contributed by atoms with E-state index < -0.39 is 5.97 Å². The van der Waals surface area contributed by atoms with Crippen LogP contribution < -0.4 is 4.90 Å². The van der Waals surface area contributed by atoms with E-state index in [1.807, 2.05) is 44.2 Å². The lowest BCUT2D eigenvalue weighted by molar-refractivity contribution is 0.0698. The quantitative estimate of drug-likeness (QED) is 0.914. The summed E-state index contributed by atoms with van der Waals surface area (Å²) in [5.41, 5.74) is 3.98. The lowest BCUT2D eigenvalue weighted by Gasteiger charge is -2.32. The average molecular weight is 324 g/mol. The fraction of sp³-hybridized carbons (Fsp3) is 0.400. The minimum Gasteiger partial charge on any atom is -0.478 e. The van der Waals surface area contributed by atoms with Crippen LogP contribution >= 0.6 is 0 Å². The zero-order valence-electron chi connectivity index (χ0n) is 14.5. The molecule has 1 aliphatic heterocycles. The van der Waals surface area contributed by atoms with Crippen molar-refractivity contribution in [2.75, 3.05) is 18.0 Å². The van der Waals surface area contributed by atoms with Crippen LogP contribution in [0.15, 0.2) is 30.3 Å². The third-order valence-electron chi connectivity index (χ3n) is 4.86. The van der Waals surface area contributed by atoms with Crippen molar-refractivity contribution in [2.45, 2.75) is 33.6 Å². The van der Waals surface area contributed by atoms with Gasteiger partial charge in [-0.25, -0.2) is 9.78 Å². The number of carboxylic acid groups (broad SMARTS) is 1. The number of aryl methyl sites for hydroxylation is 2. The molecular formula is C20H24N2O2. The smallest absolute Gasteiger partial charge is 0.340 e. The van der Waals surface area contributed by atoms with Gasteiger partial charge < -0.3 is 10.0 Å². The van der Waals surface area contributed by atoms with E-state index in [2.05, 4.69) is 16.8 Å². The van der Waals surface area contributed by atoms with Gasteiger partial charge >= 0.3 is 5.97 Å². The van der Waals surface area contributed by atoms with Gasteiger partial charge in [0.05, 0.1) is 0 Å². The third kappa shape index (κ3) is 3.14. The fourth-order valence-electron chi connectivity index (χ4n) is 3.40. The Morgan fingerprint density at radius 3 is 2.46 bits per heavy atom. The van der Waals surface area contributed by atoms with Gasteiger partial charge in [-0.2, -0.15) is 0 Å². The van der Waals surface area contributed by atoms with E-state index in [4.69, 9.17) is 0 Å². The van der Waals surface area contributed by atoms with Crippen molar-refractivity contribution in [1.29, 1.82) is 0 Å². The molecule has 3 rings (SSSR count). The molecule has 0 spiro atoms. The largest absolute Gasteiger partial charge is 0.478 e. The number of pyridine rings is 1. The highest BCUT2D eigenvalue weighted by molar-refractivity contribution is 6.01. The number of hydrogen-bond acceptors (Lipinski definition) is 3. The molecule has 0 unspecified atom stereocenters. The van der Waals surface area contributed by atoms with Crippen LogP contribution in [0.3, 0.4) is 0 Å². The summed E-state index contributed by atoms with van der Waals surface area (Å²) in [6.07, 6.45) is 2.16. The summed E-state index contributed by atoms with van der Waals surface area (Å²) < 4.78 is 0.